The second-order valence-corrected chi connectivity index (χ2v) is 7.91. The van der Waals surface area contributed by atoms with Gasteiger partial charge in [0.15, 0.2) is 0 Å². The molecular formula is C15H22N2O2S2. The van der Waals surface area contributed by atoms with E-state index in [2.05, 4.69) is 22.1 Å². The van der Waals surface area contributed by atoms with E-state index < -0.39 is 0 Å². The molecule has 4 nitrogen and oxygen atoms in total. The Morgan fingerprint density at radius 3 is 3.14 bits per heavy atom. The Morgan fingerprint density at radius 1 is 1.52 bits per heavy atom. The minimum absolute atomic E-state index is 0.00612. The van der Waals surface area contributed by atoms with Gasteiger partial charge in [-0.1, -0.05) is 0 Å². The summed E-state index contributed by atoms with van der Waals surface area (Å²) in [5, 5.41) is 7.85. The predicted molar refractivity (Wildman–Crippen MR) is 88.1 cm³/mol. The van der Waals surface area contributed by atoms with Crippen molar-refractivity contribution in [1.29, 1.82) is 0 Å². The Balaban J connectivity index is 1.54. The summed E-state index contributed by atoms with van der Waals surface area (Å²) in [5.74, 6) is 1.23. The standard InChI is InChI=1S/C15H22N2O2S2/c1-11-8-17(9-14(19-11)12-4-6-20-10-12)15(18)16-7-13-3-2-5-21-13/h4,6,10-11,13-14H,2-3,5,7-9H2,1H3,(H,16,18)/t11-,13+,14+/m1/s1. The van der Waals surface area contributed by atoms with Crippen molar-refractivity contribution in [2.45, 2.75) is 37.2 Å². The van der Waals surface area contributed by atoms with Crippen LogP contribution in [-0.2, 0) is 4.74 Å². The molecule has 0 aromatic carbocycles. The summed E-state index contributed by atoms with van der Waals surface area (Å²) in [5.41, 5.74) is 1.18. The number of hydrogen-bond acceptors (Lipinski definition) is 4. The number of nitrogens with zero attached hydrogens (tertiary/aromatic N) is 1. The van der Waals surface area contributed by atoms with Crippen molar-refractivity contribution in [1.82, 2.24) is 10.2 Å². The minimum Gasteiger partial charge on any atom is -0.367 e. The Hall–Kier alpha value is -0.720. The van der Waals surface area contributed by atoms with Crippen molar-refractivity contribution in [3.8, 4) is 0 Å². The summed E-state index contributed by atoms with van der Waals surface area (Å²) in [6, 6.07) is 2.14. The molecule has 2 fully saturated rings. The van der Waals surface area contributed by atoms with Crippen LogP contribution in [-0.4, -0.2) is 47.7 Å². The molecule has 0 aliphatic carbocycles. The number of rotatable bonds is 3. The highest BCUT2D eigenvalue weighted by atomic mass is 32.2. The highest BCUT2D eigenvalue weighted by Gasteiger charge is 2.30. The minimum atomic E-state index is 0.00612. The molecule has 1 N–H and O–H groups in total. The SMILES string of the molecule is C[C@@H]1CN(C(=O)NC[C@@H]2CCCS2)C[C@@H](c2ccsc2)O1. The molecule has 2 amide bonds. The van der Waals surface area contributed by atoms with Crippen LogP contribution in [0.15, 0.2) is 16.8 Å². The van der Waals surface area contributed by atoms with Gasteiger partial charge in [-0.25, -0.2) is 4.79 Å². The largest absolute Gasteiger partial charge is 0.367 e. The molecule has 2 aliphatic rings. The van der Waals surface area contributed by atoms with Crippen molar-refractivity contribution in [2.75, 3.05) is 25.4 Å². The van der Waals surface area contributed by atoms with E-state index in [0.717, 1.165) is 6.54 Å². The highest BCUT2D eigenvalue weighted by Crippen LogP contribution is 2.27. The number of nitrogens with one attached hydrogen (secondary N) is 1. The summed E-state index contributed by atoms with van der Waals surface area (Å²) in [6.07, 6.45) is 2.59. The fourth-order valence-electron chi connectivity index (χ4n) is 2.88. The molecule has 6 heteroatoms. The molecule has 2 aliphatic heterocycles. The van der Waals surface area contributed by atoms with Crippen LogP contribution < -0.4 is 5.32 Å². The van der Waals surface area contributed by atoms with Crippen molar-refractivity contribution in [3.63, 3.8) is 0 Å². The van der Waals surface area contributed by atoms with Gasteiger partial charge in [0.25, 0.3) is 0 Å². The van der Waals surface area contributed by atoms with Gasteiger partial charge in [0, 0.05) is 18.3 Å². The molecular weight excluding hydrogens is 304 g/mol. The maximum atomic E-state index is 12.4. The third-order valence-corrected chi connectivity index (χ3v) is 6.07. The number of hydrogen-bond donors (Lipinski definition) is 1. The van der Waals surface area contributed by atoms with E-state index in [-0.39, 0.29) is 18.2 Å². The fourth-order valence-corrected chi connectivity index (χ4v) is 4.78. The van der Waals surface area contributed by atoms with Crippen LogP contribution in [0.25, 0.3) is 0 Å². The molecule has 0 bridgehead atoms. The van der Waals surface area contributed by atoms with Crippen molar-refractivity contribution >= 4 is 29.1 Å². The smallest absolute Gasteiger partial charge is 0.317 e. The van der Waals surface area contributed by atoms with Crippen LogP contribution in [0.2, 0.25) is 0 Å². The Labute approximate surface area is 134 Å². The molecule has 3 heterocycles. The van der Waals surface area contributed by atoms with E-state index in [0.29, 0.717) is 18.3 Å². The second kappa shape index (κ2) is 7.03. The Bertz CT molecular complexity index is 460. The third kappa shape index (κ3) is 3.93. The summed E-state index contributed by atoms with van der Waals surface area (Å²) in [6.45, 7) is 4.14. The highest BCUT2D eigenvalue weighted by molar-refractivity contribution is 8.00. The third-order valence-electron chi connectivity index (χ3n) is 3.97. The molecule has 21 heavy (non-hydrogen) atoms. The molecule has 0 spiro atoms. The number of morpholine rings is 1. The summed E-state index contributed by atoms with van der Waals surface area (Å²) < 4.78 is 5.97. The van der Waals surface area contributed by atoms with Gasteiger partial charge in [-0.2, -0.15) is 23.1 Å². The van der Waals surface area contributed by atoms with E-state index in [1.54, 1.807) is 11.3 Å². The van der Waals surface area contributed by atoms with E-state index in [9.17, 15) is 4.79 Å². The normalized spacial score (nSPS) is 29.6. The molecule has 0 unspecified atom stereocenters. The maximum Gasteiger partial charge on any atom is 0.317 e. The van der Waals surface area contributed by atoms with Crippen LogP contribution in [0.1, 0.15) is 31.4 Å². The Kier molecular flexibility index (Phi) is 5.08. The Morgan fingerprint density at radius 2 is 2.43 bits per heavy atom. The molecule has 2 saturated heterocycles. The van der Waals surface area contributed by atoms with Gasteiger partial charge in [0.2, 0.25) is 0 Å². The van der Waals surface area contributed by atoms with Gasteiger partial charge in [0.1, 0.15) is 6.10 Å². The van der Waals surface area contributed by atoms with Crippen LogP contribution in [0.4, 0.5) is 4.79 Å². The first-order valence-electron chi connectivity index (χ1n) is 7.54. The molecule has 3 rings (SSSR count). The predicted octanol–water partition coefficient (Wildman–Crippen LogP) is 3.12. The van der Waals surface area contributed by atoms with Crippen molar-refractivity contribution < 1.29 is 9.53 Å². The average molecular weight is 326 g/mol. The maximum absolute atomic E-state index is 12.4. The number of amides is 2. The van der Waals surface area contributed by atoms with Crippen LogP contribution in [0.3, 0.4) is 0 Å². The van der Waals surface area contributed by atoms with E-state index in [1.807, 2.05) is 23.6 Å². The molecule has 1 aromatic rings. The first-order chi connectivity index (χ1) is 10.2. The van der Waals surface area contributed by atoms with Crippen LogP contribution in [0, 0.1) is 0 Å². The monoisotopic (exact) mass is 326 g/mol. The van der Waals surface area contributed by atoms with Crippen LogP contribution >= 0.6 is 23.1 Å². The first-order valence-corrected chi connectivity index (χ1v) is 9.53. The topological polar surface area (TPSA) is 41.6 Å². The zero-order chi connectivity index (χ0) is 14.7. The quantitative estimate of drug-likeness (QED) is 0.928. The van der Waals surface area contributed by atoms with Gasteiger partial charge in [-0.15, -0.1) is 0 Å². The lowest BCUT2D eigenvalue weighted by molar-refractivity contribution is -0.0654. The average Bonchev–Trinajstić information content (AvgIpc) is 3.17. The van der Waals surface area contributed by atoms with E-state index in [1.165, 1.54) is 24.2 Å². The molecule has 116 valence electrons. The second-order valence-electron chi connectivity index (χ2n) is 5.72. The number of thioether (sulfide) groups is 1. The summed E-state index contributed by atoms with van der Waals surface area (Å²) in [4.78, 5) is 14.3. The summed E-state index contributed by atoms with van der Waals surface area (Å²) in [7, 11) is 0. The van der Waals surface area contributed by atoms with E-state index in [4.69, 9.17) is 4.74 Å². The zero-order valence-electron chi connectivity index (χ0n) is 12.3. The number of urea groups is 1. The van der Waals surface area contributed by atoms with Gasteiger partial charge >= 0.3 is 6.03 Å². The van der Waals surface area contributed by atoms with Crippen LogP contribution in [0.5, 0.6) is 0 Å². The summed E-state index contributed by atoms with van der Waals surface area (Å²) >= 11 is 3.64. The van der Waals surface area contributed by atoms with Crippen molar-refractivity contribution in [3.05, 3.63) is 22.4 Å². The molecule has 1 aromatic heterocycles. The number of ether oxygens (including phenoxy) is 1. The zero-order valence-corrected chi connectivity index (χ0v) is 13.9. The first kappa shape index (κ1) is 15.2. The van der Waals surface area contributed by atoms with Gasteiger partial charge < -0.3 is 15.0 Å². The lowest BCUT2D eigenvalue weighted by Crippen LogP contribution is -2.50. The van der Waals surface area contributed by atoms with Gasteiger partial charge in [-0.05, 0) is 47.9 Å². The lowest BCUT2D eigenvalue weighted by atomic mass is 10.1. The lowest BCUT2D eigenvalue weighted by Gasteiger charge is -2.36. The fraction of sp³-hybridized carbons (Fsp3) is 0.667. The van der Waals surface area contributed by atoms with Gasteiger partial charge in [0.05, 0.1) is 12.6 Å². The molecule has 3 atom stereocenters. The molecule has 0 radical (unpaired) electrons. The van der Waals surface area contributed by atoms with Gasteiger partial charge in [-0.3, -0.25) is 0 Å². The number of carbonyl (C=O) groups is 1. The van der Waals surface area contributed by atoms with E-state index >= 15 is 0 Å². The number of thiophene rings is 1. The molecule has 0 saturated carbocycles. The number of carbonyl (C=O) groups excluding carboxylic acids is 1. The van der Waals surface area contributed by atoms with Crippen molar-refractivity contribution in [2.24, 2.45) is 0 Å².